The molecule has 3 aromatic rings. The van der Waals surface area contributed by atoms with Gasteiger partial charge in [-0.2, -0.15) is 0 Å². The number of hydrogen-bond acceptors (Lipinski definition) is 4. The van der Waals surface area contributed by atoms with E-state index >= 15 is 0 Å². The lowest BCUT2D eigenvalue weighted by Gasteiger charge is -2.21. The molecular weight excluding hydrogens is 390 g/mol. The molecule has 0 spiro atoms. The Hall–Kier alpha value is -2.53. The summed E-state index contributed by atoms with van der Waals surface area (Å²) in [5.74, 6) is 0.169. The van der Waals surface area contributed by atoms with Crippen LogP contribution in [0.25, 0.3) is 11.3 Å². The predicted molar refractivity (Wildman–Crippen MR) is 123 cm³/mol. The molecule has 1 aliphatic rings. The molecule has 0 saturated heterocycles. The van der Waals surface area contributed by atoms with Gasteiger partial charge in [-0.3, -0.25) is 9.78 Å². The number of carbonyl (C=O) groups is 1. The van der Waals surface area contributed by atoms with Crippen molar-refractivity contribution in [2.24, 2.45) is 0 Å². The van der Waals surface area contributed by atoms with Crippen LogP contribution in [0.2, 0.25) is 0 Å². The van der Waals surface area contributed by atoms with Crippen molar-refractivity contribution in [2.75, 3.05) is 6.54 Å². The molecule has 1 aliphatic carbocycles. The quantitative estimate of drug-likeness (QED) is 0.530. The first-order valence-corrected chi connectivity index (χ1v) is 11.5. The molecule has 1 fully saturated rings. The summed E-state index contributed by atoms with van der Waals surface area (Å²) in [4.78, 5) is 21.6. The first-order valence-electron chi connectivity index (χ1n) is 10.6. The minimum Gasteiger partial charge on any atom is -0.355 e. The highest BCUT2D eigenvalue weighted by Gasteiger charge is 2.51. The largest absolute Gasteiger partial charge is 0.355 e. The van der Waals surface area contributed by atoms with Gasteiger partial charge in [0, 0.05) is 36.3 Å². The predicted octanol–water partition coefficient (Wildman–Crippen LogP) is 5.28. The lowest BCUT2D eigenvalue weighted by Crippen LogP contribution is -2.35. The number of pyridine rings is 1. The van der Waals surface area contributed by atoms with Crippen LogP contribution in [0.5, 0.6) is 0 Å². The monoisotopic (exact) mass is 419 g/mol. The van der Waals surface area contributed by atoms with Crippen molar-refractivity contribution < 1.29 is 4.79 Å². The number of nitrogens with one attached hydrogen (secondary N) is 1. The normalized spacial score (nSPS) is 15.0. The molecule has 30 heavy (non-hydrogen) atoms. The van der Waals surface area contributed by atoms with Crippen molar-refractivity contribution in [3.8, 4) is 11.3 Å². The van der Waals surface area contributed by atoms with Gasteiger partial charge in [-0.15, -0.1) is 11.3 Å². The SMILES string of the molecule is CC(C)(C)c1ccc(C2(C(=O)NCCCc3nc(-c4ccncc4)cs3)CC2)cc1. The average Bonchev–Trinajstić information content (AvgIpc) is 3.43. The molecule has 156 valence electrons. The van der Waals surface area contributed by atoms with Crippen molar-refractivity contribution in [3.05, 3.63) is 70.3 Å². The van der Waals surface area contributed by atoms with Gasteiger partial charge in [-0.1, -0.05) is 45.0 Å². The molecule has 0 radical (unpaired) electrons. The van der Waals surface area contributed by atoms with Gasteiger partial charge in [-0.05, 0) is 47.9 Å². The van der Waals surface area contributed by atoms with Gasteiger partial charge in [0.1, 0.15) is 0 Å². The van der Waals surface area contributed by atoms with Crippen LogP contribution in [-0.2, 0) is 22.0 Å². The van der Waals surface area contributed by atoms with Crippen LogP contribution in [0.4, 0.5) is 0 Å². The fourth-order valence-corrected chi connectivity index (χ4v) is 4.60. The van der Waals surface area contributed by atoms with E-state index in [1.807, 2.05) is 12.1 Å². The maximum atomic E-state index is 12.9. The van der Waals surface area contributed by atoms with Crippen molar-refractivity contribution in [2.45, 2.75) is 57.3 Å². The Morgan fingerprint density at radius 1 is 1.10 bits per heavy atom. The summed E-state index contributed by atoms with van der Waals surface area (Å²) in [6, 6.07) is 12.6. The van der Waals surface area contributed by atoms with Crippen LogP contribution < -0.4 is 5.32 Å². The molecule has 0 atom stereocenters. The van der Waals surface area contributed by atoms with E-state index in [0.29, 0.717) is 6.54 Å². The van der Waals surface area contributed by atoms with E-state index < -0.39 is 0 Å². The summed E-state index contributed by atoms with van der Waals surface area (Å²) in [5.41, 5.74) is 4.36. The highest BCUT2D eigenvalue weighted by atomic mass is 32.1. The molecular formula is C25H29N3OS. The van der Waals surface area contributed by atoms with Crippen molar-refractivity contribution >= 4 is 17.2 Å². The molecule has 1 amide bonds. The molecule has 1 N–H and O–H groups in total. The molecule has 5 heteroatoms. The van der Waals surface area contributed by atoms with Crippen molar-refractivity contribution in [3.63, 3.8) is 0 Å². The van der Waals surface area contributed by atoms with Crippen LogP contribution in [0.3, 0.4) is 0 Å². The number of aryl methyl sites for hydroxylation is 1. The van der Waals surface area contributed by atoms with E-state index in [1.165, 1.54) is 5.56 Å². The molecule has 1 saturated carbocycles. The minimum atomic E-state index is -0.313. The van der Waals surface area contributed by atoms with Crippen LogP contribution in [0.15, 0.2) is 54.2 Å². The number of nitrogens with zero attached hydrogens (tertiary/aromatic N) is 2. The number of rotatable bonds is 7. The van der Waals surface area contributed by atoms with E-state index in [4.69, 9.17) is 4.98 Å². The summed E-state index contributed by atoms with van der Waals surface area (Å²) in [6.45, 7) is 7.32. The third kappa shape index (κ3) is 4.46. The van der Waals surface area contributed by atoms with E-state index in [0.717, 1.165) is 47.5 Å². The van der Waals surface area contributed by atoms with E-state index in [9.17, 15) is 4.79 Å². The van der Waals surface area contributed by atoms with E-state index in [-0.39, 0.29) is 16.7 Å². The fourth-order valence-electron chi connectivity index (χ4n) is 3.75. The molecule has 2 heterocycles. The van der Waals surface area contributed by atoms with Crippen molar-refractivity contribution in [1.82, 2.24) is 15.3 Å². The number of carbonyl (C=O) groups excluding carboxylic acids is 1. The summed E-state index contributed by atoms with van der Waals surface area (Å²) in [7, 11) is 0. The highest BCUT2D eigenvalue weighted by Crippen LogP contribution is 2.48. The van der Waals surface area contributed by atoms with Gasteiger partial charge in [0.15, 0.2) is 0 Å². The molecule has 0 bridgehead atoms. The zero-order valence-electron chi connectivity index (χ0n) is 17.9. The number of benzene rings is 1. The maximum absolute atomic E-state index is 12.9. The number of thiazole rings is 1. The zero-order valence-corrected chi connectivity index (χ0v) is 18.8. The molecule has 4 nitrogen and oxygen atoms in total. The van der Waals surface area contributed by atoms with Crippen LogP contribution in [0, 0.1) is 0 Å². The number of aromatic nitrogens is 2. The lowest BCUT2D eigenvalue weighted by atomic mass is 9.85. The standard InChI is InChI=1S/C25H29N3OS/c1-24(2,3)19-6-8-20(9-7-19)25(12-13-25)23(29)27-14-4-5-22-28-21(17-30-22)18-10-15-26-16-11-18/h6-11,15-17H,4-5,12-14H2,1-3H3,(H,27,29). The van der Waals surface area contributed by atoms with Crippen LogP contribution >= 0.6 is 11.3 Å². The average molecular weight is 420 g/mol. The first kappa shape index (κ1) is 20.7. The molecule has 2 aromatic heterocycles. The number of hydrogen-bond donors (Lipinski definition) is 1. The Bertz CT molecular complexity index is 999. The van der Waals surface area contributed by atoms with Gasteiger partial charge in [0.05, 0.1) is 16.1 Å². The summed E-state index contributed by atoms with van der Waals surface area (Å²) in [6.07, 6.45) is 7.23. The minimum absolute atomic E-state index is 0.130. The van der Waals surface area contributed by atoms with Gasteiger partial charge >= 0.3 is 0 Å². The molecule has 0 unspecified atom stereocenters. The third-order valence-corrected chi connectivity index (χ3v) is 6.78. The third-order valence-electron chi connectivity index (χ3n) is 5.87. The summed E-state index contributed by atoms with van der Waals surface area (Å²) >= 11 is 1.68. The molecule has 0 aliphatic heterocycles. The topological polar surface area (TPSA) is 54.9 Å². The first-order chi connectivity index (χ1) is 14.4. The lowest BCUT2D eigenvalue weighted by molar-refractivity contribution is -0.123. The second-order valence-corrected chi connectivity index (χ2v) is 10.1. The van der Waals surface area contributed by atoms with Gasteiger partial charge in [0.25, 0.3) is 0 Å². The van der Waals surface area contributed by atoms with Crippen molar-refractivity contribution in [1.29, 1.82) is 0 Å². The smallest absolute Gasteiger partial charge is 0.230 e. The molecule has 4 rings (SSSR count). The van der Waals surface area contributed by atoms with E-state index in [1.54, 1.807) is 23.7 Å². The molecule has 1 aromatic carbocycles. The van der Waals surface area contributed by atoms with Crippen LogP contribution in [0.1, 0.15) is 56.2 Å². The Kier molecular flexibility index (Phi) is 5.74. The summed E-state index contributed by atoms with van der Waals surface area (Å²) in [5, 5.41) is 6.36. The second-order valence-electron chi connectivity index (χ2n) is 9.13. The van der Waals surface area contributed by atoms with Gasteiger partial charge in [-0.25, -0.2) is 4.98 Å². The maximum Gasteiger partial charge on any atom is 0.230 e. The van der Waals surface area contributed by atoms with Crippen LogP contribution in [-0.4, -0.2) is 22.4 Å². The Morgan fingerprint density at radius 2 is 1.80 bits per heavy atom. The highest BCUT2D eigenvalue weighted by molar-refractivity contribution is 7.09. The van der Waals surface area contributed by atoms with Gasteiger partial charge in [0.2, 0.25) is 5.91 Å². The van der Waals surface area contributed by atoms with Gasteiger partial charge < -0.3 is 5.32 Å². The Balaban J connectivity index is 1.28. The van der Waals surface area contributed by atoms with E-state index in [2.05, 4.69) is 60.7 Å². The number of amides is 1. The fraction of sp³-hybridized carbons (Fsp3) is 0.400. The Morgan fingerprint density at radius 3 is 2.43 bits per heavy atom. The zero-order chi connectivity index (χ0) is 21.2. The summed E-state index contributed by atoms with van der Waals surface area (Å²) < 4.78 is 0. The Labute approximate surface area is 182 Å². The second kappa shape index (κ2) is 8.31.